The molecule has 1 fully saturated rings. The molecule has 0 bridgehead atoms. The Hall–Kier alpha value is -1.81. The zero-order valence-electron chi connectivity index (χ0n) is 13.3. The second-order valence-electron chi connectivity index (χ2n) is 7.02. The summed E-state index contributed by atoms with van der Waals surface area (Å²) in [6, 6.07) is 6.94. The Balaban J connectivity index is 1.88. The number of aromatic amines is 1. The van der Waals surface area contributed by atoms with Crippen molar-refractivity contribution in [3.8, 4) is 0 Å². The topological polar surface area (TPSA) is 46.5 Å². The first-order valence-electron chi connectivity index (χ1n) is 8.14. The lowest BCUT2D eigenvalue weighted by atomic mass is 9.71. The highest BCUT2D eigenvalue weighted by molar-refractivity contribution is 5.88. The van der Waals surface area contributed by atoms with Gasteiger partial charge in [0.25, 0.3) is 0 Å². The van der Waals surface area contributed by atoms with E-state index in [1.807, 2.05) is 0 Å². The van der Waals surface area contributed by atoms with Crippen LogP contribution in [0, 0.1) is 5.92 Å². The molecule has 4 heteroatoms. The van der Waals surface area contributed by atoms with Crippen LogP contribution in [0.4, 0.5) is 0 Å². The number of hydrogen-bond acceptors (Lipinski definition) is 2. The molecule has 1 unspecified atom stereocenters. The van der Waals surface area contributed by atoms with Crippen LogP contribution in [0.2, 0.25) is 0 Å². The van der Waals surface area contributed by atoms with Crippen molar-refractivity contribution < 1.29 is 14.4 Å². The van der Waals surface area contributed by atoms with Crippen LogP contribution in [0.25, 0.3) is 10.9 Å². The van der Waals surface area contributed by atoms with E-state index in [0.29, 0.717) is 17.9 Å². The van der Waals surface area contributed by atoms with E-state index < -0.39 is 0 Å². The second kappa shape index (κ2) is 4.85. The van der Waals surface area contributed by atoms with Gasteiger partial charge < -0.3 is 14.6 Å². The molecule has 2 aromatic rings. The summed E-state index contributed by atoms with van der Waals surface area (Å²) in [5.74, 6) is 0.503. The van der Waals surface area contributed by atoms with Crippen molar-refractivity contribution in [2.24, 2.45) is 5.92 Å². The van der Waals surface area contributed by atoms with E-state index >= 15 is 0 Å². The predicted octanol–water partition coefficient (Wildman–Crippen LogP) is 1.27. The summed E-state index contributed by atoms with van der Waals surface area (Å²) in [6.45, 7) is 4.78. The molecule has 4 rings (SSSR count). The van der Waals surface area contributed by atoms with Crippen LogP contribution in [-0.2, 0) is 16.0 Å². The number of ether oxygens (including phenoxy) is 1. The van der Waals surface area contributed by atoms with Gasteiger partial charge in [-0.1, -0.05) is 19.1 Å². The number of nitrogens with one attached hydrogen (secondary N) is 2. The van der Waals surface area contributed by atoms with Gasteiger partial charge in [0.1, 0.15) is 12.1 Å². The van der Waals surface area contributed by atoms with Crippen molar-refractivity contribution in [2.45, 2.75) is 38.3 Å². The van der Waals surface area contributed by atoms with Gasteiger partial charge in [0, 0.05) is 36.4 Å². The molecule has 1 aromatic carbocycles. The first-order chi connectivity index (χ1) is 10.6. The van der Waals surface area contributed by atoms with Crippen molar-refractivity contribution >= 4 is 16.9 Å². The Morgan fingerprint density at radius 3 is 3.00 bits per heavy atom. The van der Waals surface area contributed by atoms with E-state index in [-0.39, 0.29) is 12.1 Å². The van der Waals surface area contributed by atoms with Gasteiger partial charge in [-0.15, -0.1) is 0 Å². The van der Waals surface area contributed by atoms with Crippen LogP contribution in [0.5, 0.6) is 0 Å². The van der Waals surface area contributed by atoms with Crippen molar-refractivity contribution in [2.75, 3.05) is 13.6 Å². The molecule has 4 nitrogen and oxygen atoms in total. The minimum absolute atomic E-state index is 0.0140. The number of benzene rings is 1. The van der Waals surface area contributed by atoms with Gasteiger partial charge in [0.2, 0.25) is 0 Å². The number of quaternary nitrogens is 1. The number of rotatable bonds is 1. The quantitative estimate of drug-likeness (QED) is 0.779. The van der Waals surface area contributed by atoms with Gasteiger partial charge in [0.05, 0.1) is 19.5 Å². The summed E-state index contributed by atoms with van der Waals surface area (Å²) in [4.78, 5) is 16.6. The standard InChI is InChI=1S/C18H22N2O2/c1-10-9-20(3)15-7-12-8-19-14-6-4-5-13(16(12)14)17(15)18(10)22-11(2)21/h4-6,8,10,15,17-19H,7,9H2,1-3H3/p+1/t10-,15+,17+,18-/m0/s1. The number of likely N-dealkylation sites (N-methyl/N-ethyl adjacent to an activating group) is 1. The van der Waals surface area contributed by atoms with E-state index in [9.17, 15) is 4.79 Å². The number of aromatic nitrogens is 1. The molecule has 2 aliphatic rings. The Morgan fingerprint density at radius 1 is 1.41 bits per heavy atom. The Labute approximate surface area is 130 Å². The lowest BCUT2D eigenvalue weighted by Gasteiger charge is -2.46. The summed E-state index contributed by atoms with van der Waals surface area (Å²) < 4.78 is 5.78. The number of H-pyrrole nitrogens is 1. The van der Waals surface area contributed by atoms with Gasteiger partial charge in [-0.3, -0.25) is 4.79 Å². The lowest BCUT2D eigenvalue weighted by Crippen LogP contribution is -3.16. The predicted molar refractivity (Wildman–Crippen MR) is 85.0 cm³/mol. The average molecular weight is 299 g/mol. The maximum absolute atomic E-state index is 11.6. The number of piperidine rings is 1. The summed E-state index contributed by atoms with van der Waals surface area (Å²) in [5, 5.41) is 1.35. The van der Waals surface area contributed by atoms with Crippen molar-refractivity contribution in [1.82, 2.24) is 4.98 Å². The zero-order valence-corrected chi connectivity index (χ0v) is 13.3. The second-order valence-corrected chi connectivity index (χ2v) is 7.02. The summed E-state index contributed by atoms with van der Waals surface area (Å²) in [6.07, 6.45) is 3.19. The fraction of sp³-hybridized carbons (Fsp3) is 0.500. The third kappa shape index (κ3) is 1.90. The summed E-state index contributed by atoms with van der Waals surface area (Å²) in [7, 11) is 2.27. The first kappa shape index (κ1) is 13.8. The van der Waals surface area contributed by atoms with Gasteiger partial charge in [-0.2, -0.15) is 0 Å². The van der Waals surface area contributed by atoms with Crippen LogP contribution >= 0.6 is 0 Å². The van der Waals surface area contributed by atoms with E-state index in [1.54, 1.807) is 4.90 Å². The largest absolute Gasteiger partial charge is 0.461 e. The van der Waals surface area contributed by atoms with Gasteiger partial charge >= 0.3 is 5.97 Å². The van der Waals surface area contributed by atoms with E-state index in [0.717, 1.165) is 13.0 Å². The van der Waals surface area contributed by atoms with Gasteiger partial charge in [-0.05, 0) is 17.2 Å². The van der Waals surface area contributed by atoms with Crippen molar-refractivity contribution in [3.63, 3.8) is 0 Å². The third-order valence-corrected chi connectivity index (χ3v) is 5.55. The van der Waals surface area contributed by atoms with E-state index in [4.69, 9.17) is 4.74 Å². The molecule has 2 heterocycles. The van der Waals surface area contributed by atoms with Crippen molar-refractivity contribution in [3.05, 3.63) is 35.5 Å². The van der Waals surface area contributed by atoms with Gasteiger partial charge in [-0.25, -0.2) is 0 Å². The molecule has 0 spiro atoms. The molecular formula is C18H23N2O2+. The van der Waals surface area contributed by atoms with Crippen LogP contribution < -0.4 is 4.90 Å². The number of likely N-dealkylation sites (tertiary alicyclic amines) is 1. The molecular weight excluding hydrogens is 276 g/mol. The molecule has 1 aromatic heterocycles. The molecule has 1 saturated heterocycles. The Bertz CT molecular complexity index is 736. The highest BCUT2D eigenvalue weighted by Gasteiger charge is 2.49. The first-order valence-corrected chi connectivity index (χ1v) is 8.14. The molecule has 0 amide bonds. The normalized spacial score (nSPS) is 33.5. The van der Waals surface area contributed by atoms with Crippen LogP contribution in [-0.4, -0.2) is 36.7 Å². The zero-order chi connectivity index (χ0) is 15.4. The minimum atomic E-state index is -0.165. The SMILES string of the molecule is CC(=O)O[C@@H]1[C@@H]2c3cccc4[nH]cc(c34)C[C@H]2[NH+](C)C[C@@H]1C. The molecule has 0 radical (unpaired) electrons. The Kier molecular flexibility index (Phi) is 3.05. The fourth-order valence-corrected chi connectivity index (χ4v) is 4.70. The number of esters is 1. The molecule has 116 valence electrons. The van der Waals surface area contributed by atoms with Gasteiger partial charge in [0.15, 0.2) is 0 Å². The third-order valence-electron chi connectivity index (χ3n) is 5.55. The van der Waals surface area contributed by atoms with Crippen LogP contribution in [0.15, 0.2) is 24.4 Å². The fourth-order valence-electron chi connectivity index (χ4n) is 4.70. The number of carbonyl (C=O) groups is 1. The highest BCUT2D eigenvalue weighted by Crippen LogP contribution is 2.41. The molecule has 5 atom stereocenters. The van der Waals surface area contributed by atoms with Crippen LogP contribution in [0.3, 0.4) is 0 Å². The summed E-state index contributed by atoms with van der Waals surface area (Å²) in [5.41, 5.74) is 3.95. The number of fused-ring (bicyclic) bond motifs is 2. The van der Waals surface area contributed by atoms with Crippen LogP contribution in [0.1, 0.15) is 30.9 Å². The summed E-state index contributed by atoms with van der Waals surface area (Å²) >= 11 is 0. The molecule has 2 N–H and O–H groups in total. The maximum atomic E-state index is 11.6. The number of carbonyl (C=O) groups excluding carboxylic acids is 1. The Morgan fingerprint density at radius 2 is 2.23 bits per heavy atom. The van der Waals surface area contributed by atoms with Crippen molar-refractivity contribution in [1.29, 1.82) is 0 Å². The monoisotopic (exact) mass is 299 g/mol. The molecule has 1 aliphatic carbocycles. The number of hydrogen-bond donors (Lipinski definition) is 2. The molecule has 1 aliphatic heterocycles. The molecule has 22 heavy (non-hydrogen) atoms. The molecule has 0 saturated carbocycles. The maximum Gasteiger partial charge on any atom is 0.302 e. The smallest absolute Gasteiger partial charge is 0.302 e. The lowest BCUT2D eigenvalue weighted by molar-refractivity contribution is -0.918. The highest BCUT2D eigenvalue weighted by atomic mass is 16.5. The van der Waals surface area contributed by atoms with E-state index in [2.05, 4.69) is 43.4 Å². The average Bonchev–Trinajstić information content (AvgIpc) is 2.88. The minimum Gasteiger partial charge on any atom is -0.461 e. The van der Waals surface area contributed by atoms with E-state index in [1.165, 1.54) is 29.0 Å².